The van der Waals surface area contributed by atoms with Crippen molar-refractivity contribution in [3.05, 3.63) is 12.3 Å². The van der Waals surface area contributed by atoms with Gasteiger partial charge in [-0.15, -0.1) is 0 Å². The van der Waals surface area contributed by atoms with E-state index in [0.717, 1.165) is 11.6 Å². The molecule has 10 heavy (non-hydrogen) atoms. The molecule has 1 nitrogen and oxygen atoms in total. The highest BCUT2D eigenvalue weighted by Gasteiger charge is 2.44. The van der Waals surface area contributed by atoms with Crippen LogP contribution < -0.4 is 5.73 Å². The van der Waals surface area contributed by atoms with Gasteiger partial charge in [0.2, 0.25) is 0 Å². The van der Waals surface area contributed by atoms with Crippen molar-refractivity contribution >= 4 is 0 Å². The van der Waals surface area contributed by atoms with E-state index in [1.165, 1.54) is 19.3 Å². The molecule has 0 saturated heterocycles. The highest BCUT2D eigenvalue weighted by Crippen LogP contribution is 2.53. The van der Waals surface area contributed by atoms with Crippen molar-refractivity contribution in [2.24, 2.45) is 17.1 Å². The third-order valence-electron chi connectivity index (χ3n) is 2.33. The first-order valence-electron chi connectivity index (χ1n) is 4.02. The number of hydrogen-bond acceptors (Lipinski definition) is 1. The zero-order valence-electron chi connectivity index (χ0n) is 6.98. The monoisotopic (exact) mass is 139 g/mol. The van der Waals surface area contributed by atoms with E-state index in [2.05, 4.69) is 20.4 Å². The SMILES string of the molecule is C=C(N)C1(CC(C)C)CC1. The normalized spacial score (nSPS) is 21.1. The lowest BCUT2D eigenvalue weighted by molar-refractivity contribution is 0.440. The Labute approximate surface area is 63.3 Å². The van der Waals surface area contributed by atoms with Crippen LogP contribution in [-0.4, -0.2) is 0 Å². The van der Waals surface area contributed by atoms with E-state index in [4.69, 9.17) is 5.73 Å². The van der Waals surface area contributed by atoms with Gasteiger partial charge in [0, 0.05) is 11.1 Å². The summed E-state index contributed by atoms with van der Waals surface area (Å²) in [6.45, 7) is 8.30. The molecular weight excluding hydrogens is 122 g/mol. The molecule has 0 heterocycles. The van der Waals surface area contributed by atoms with Crippen molar-refractivity contribution in [2.45, 2.75) is 33.1 Å². The van der Waals surface area contributed by atoms with Gasteiger partial charge in [-0.25, -0.2) is 0 Å². The lowest BCUT2D eigenvalue weighted by Gasteiger charge is -2.16. The van der Waals surface area contributed by atoms with Crippen LogP contribution in [0.3, 0.4) is 0 Å². The molecule has 0 radical (unpaired) electrons. The summed E-state index contributed by atoms with van der Waals surface area (Å²) in [6.07, 6.45) is 3.75. The maximum atomic E-state index is 5.69. The van der Waals surface area contributed by atoms with Gasteiger partial charge in [0.15, 0.2) is 0 Å². The fourth-order valence-corrected chi connectivity index (χ4v) is 1.59. The molecular formula is C9H17N. The van der Waals surface area contributed by atoms with E-state index in [1.54, 1.807) is 0 Å². The summed E-state index contributed by atoms with van der Waals surface area (Å²) >= 11 is 0. The summed E-state index contributed by atoms with van der Waals surface area (Å²) in [5.74, 6) is 0.753. The predicted molar refractivity (Wildman–Crippen MR) is 44.4 cm³/mol. The molecule has 1 aliphatic rings. The van der Waals surface area contributed by atoms with Gasteiger partial charge in [-0.2, -0.15) is 0 Å². The second-order valence-corrected chi connectivity index (χ2v) is 3.90. The van der Waals surface area contributed by atoms with Gasteiger partial charge in [-0.1, -0.05) is 20.4 Å². The average molecular weight is 139 g/mol. The van der Waals surface area contributed by atoms with Crippen molar-refractivity contribution in [1.82, 2.24) is 0 Å². The zero-order valence-corrected chi connectivity index (χ0v) is 6.98. The molecule has 1 heteroatoms. The molecule has 2 N–H and O–H groups in total. The van der Waals surface area contributed by atoms with Crippen LogP contribution in [0.25, 0.3) is 0 Å². The first-order chi connectivity index (χ1) is 4.57. The van der Waals surface area contributed by atoms with Crippen LogP contribution in [0.5, 0.6) is 0 Å². The van der Waals surface area contributed by atoms with Crippen molar-refractivity contribution < 1.29 is 0 Å². The summed E-state index contributed by atoms with van der Waals surface area (Å²) in [7, 11) is 0. The number of hydrogen-bond donors (Lipinski definition) is 1. The molecule has 0 aromatic carbocycles. The van der Waals surface area contributed by atoms with E-state index in [9.17, 15) is 0 Å². The molecule has 58 valence electrons. The average Bonchev–Trinajstić information content (AvgIpc) is 2.46. The van der Waals surface area contributed by atoms with E-state index >= 15 is 0 Å². The van der Waals surface area contributed by atoms with Gasteiger partial charge >= 0.3 is 0 Å². The van der Waals surface area contributed by atoms with Crippen LogP contribution in [0.1, 0.15) is 33.1 Å². The molecule has 0 amide bonds. The van der Waals surface area contributed by atoms with Crippen LogP contribution in [0.15, 0.2) is 12.3 Å². The smallest absolute Gasteiger partial charge is 0.00957 e. The highest BCUT2D eigenvalue weighted by molar-refractivity contribution is 5.15. The summed E-state index contributed by atoms with van der Waals surface area (Å²) in [6, 6.07) is 0. The number of nitrogens with two attached hydrogens (primary N) is 1. The summed E-state index contributed by atoms with van der Waals surface area (Å²) < 4.78 is 0. The molecule has 0 atom stereocenters. The van der Waals surface area contributed by atoms with Crippen LogP contribution in [0.2, 0.25) is 0 Å². The van der Waals surface area contributed by atoms with Crippen LogP contribution in [0, 0.1) is 11.3 Å². The first kappa shape index (κ1) is 7.64. The zero-order chi connectivity index (χ0) is 7.78. The summed E-state index contributed by atoms with van der Waals surface area (Å²) in [4.78, 5) is 0. The second kappa shape index (κ2) is 2.30. The van der Waals surface area contributed by atoms with Gasteiger partial charge in [0.25, 0.3) is 0 Å². The van der Waals surface area contributed by atoms with Gasteiger partial charge in [-0.05, 0) is 25.2 Å². The Kier molecular flexibility index (Phi) is 1.76. The van der Waals surface area contributed by atoms with Crippen molar-refractivity contribution in [3.8, 4) is 0 Å². The minimum Gasteiger partial charge on any atom is -0.402 e. The van der Waals surface area contributed by atoms with Crippen molar-refractivity contribution in [2.75, 3.05) is 0 Å². The maximum absolute atomic E-state index is 5.69. The highest BCUT2D eigenvalue weighted by atomic mass is 14.7. The van der Waals surface area contributed by atoms with Crippen molar-refractivity contribution in [1.29, 1.82) is 0 Å². The first-order valence-corrected chi connectivity index (χ1v) is 4.02. The van der Waals surface area contributed by atoms with Gasteiger partial charge in [0.1, 0.15) is 0 Å². The molecule has 0 spiro atoms. The van der Waals surface area contributed by atoms with Crippen LogP contribution >= 0.6 is 0 Å². The molecule has 0 bridgehead atoms. The van der Waals surface area contributed by atoms with E-state index in [0.29, 0.717) is 5.41 Å². The Hall–Kier alpha value is -0.460. The molecule has 1 fully saturated rings. The van der Waals surface area contributed by atoms with Gasteiger partial charge in [-0.3, -0.25) is 0 Å². The molecule has 1 saturated carbocycles. The second-order valence-electron chi connectivity index (χ2n) is 3.90. The third kappa shape index (κ3) is 1.34. The fraction of sp³-hybridized carbons (Fsp3) is 0.778. The fourth-order valence-electron chi connectivity index (χ4n) is 1.59. The Morgan fingerprint density at radius 1 is 1.60 bits per heavy atom. The standard InChI is InChI=1S/C9H17N/c1-7(2)6-9(4-5-9)8(3)10/h7H,3-6,10H2,1-2H3. The Morgan fingerprint density at radius 3 is 2.20 bits per heavy atom. The lowest BCUT2D eigenvalue weighted by atomic mass is 9.92. The molecule has 0 aromatic heterocycles. The van der Waals surface area contributed by atoms with Crippen molar-refractivity contribution in [3.63, 3.8) is 0 Å². The third-order valence-corrected chi connectivity index (χ3v) is 2.33. The number of allylic oxidation sites excluding steroid dienone is 1. The van der Waals surface area contributed by atoms with Crippen LogP contribution in [0.4, 0.5) is 0 Å². The molecule has 1 rings (SSSR count). The lowest BCUT2D eigenvalue weighted by Crippen LogP contribution is -2.13. The quantitative estimate of drug-likeness (QED) is 0.637. The maximum Gasteiger partial charge on any atom is 0.00957 e. The Balaban J connectivity index is 2.45. The largest absolute Gasteiger partial charge is 0.402 e. The minimum absolute atomic E-state index is 0.355. The topological polar surface area (TPSA) is 26.0 Å². The minimum atomic E-state index is 0.355. The molecule has 0 aromatic rings. The molecule has 0 unspecified atom stereocenters. The summed E-state index contributed by atoms with van der Waals surface area (Å²) in [5.41, 5.74) is 6.95. The van der Waals surface area contributed by atoms with E-state index in [-0.39, 0.29) is 0 Å². The number of rotatable bonds is 3. The van der Waals surface area contributed by atoms with E-state index < -0.39 is 0 Å². The Bertz CT molecular complexity index is 143. The van der Waals surface area contributed by atoms with Gasteiger partial charge in [0.05, 0.1) is 0 Å². The molecule has 0 aliphatic heterocycles. The predicted octanol–water partition coefficient (Wildman–Crippen LogP) is 2.29. The van der Waals surface area contributed by atoms with Crippen LogP contribution in [-0.2, 0) is 0 Å². The van der Waals surface area contributed by atoms with E-state index in [1.807, 2.05) is 0 Å². The Morgan fingerprint density at radius 2 is 2.10 bits per heavy atom. The summed E-state index contributed by atoms with van der Waals surface area (Å²) in [5, 5.41) is 0. The van der Waals surface area contributed by atoms with Gasteiger partial charge < -0.3 is 5.73 Å². The molecule has 1 aliphatic carbocycles.